The zero-order valence-corrected chi connectivity index (χ0v) is 17.0. The minimum atomic E-state index is -0.624. The molecular formula is C24H20F3N3O2. The van der Waals surface area contributed by atoms with Gasteiger partial charge in [0, 0.05) is 17.5 Å². The number of rotatable bonds is 6. The molecule has 0 aromatic heterocycles. The zero-order valence-electron chi connectivity index (χ0n) is 17.0. The van der Waals surface area contributed by atoms with E-state index in [1.54, 1.807) is 42.5 Å². The fourth-order valence-electron chi connectivity index (χ4n) is 3.43. The average Bonchev–Trinajstić information content (AvgIpc) is 3.25. The Labute approximate surface area is 183 Å². The summed E-state index contributed by atoms with van der Waals surface area (Å²) in [5.74, 6) is -1.48. The molecule has 2 amide bonds. The van der Waals surface area contributed by atoms with E-state index in [1.807, 2.05) is 0 Å². The molecule has 8 heteroatoms. The Bertz CT molecular complexity index is 1150. The van der Waals surface area contributed by atoms with Crippen LogP contribution in [0.15, 0.2) is 78.0 Å². The lowest BCUT2D eigenvalue weighted by Crippen LogP contribution is -2.40. The molecule has 1 N–H and O–H groups in total. The van der Waals surface area contributed by atoms with Crippen molar-refractivity contribution in [3.05, 3.63) is 101 Å². The van der Waals surface area contributed by atoms with Gasteiger partial charge in [-0.1, -0.05) is 53.7 Å². The molecule has 1 unspecified atom stereocenters. The number of halogens is 3. The Balaban J connectivity index is 1.50. The number of hydrogen-bond acceptors (Lipinski definition) is 3. The van der Waals surface area contributed by atoms with Crippen LogP contribution in [0.2, 0.25) is 0 Å². The molecule has 1 heterocycles. The molecular weight excluding hydrogens is 419 g/mol. The third-order valence-corrected chi connectivity index (χ3v) is 5.06. The highest BCUT2D eigenvalue weighted by Crippen LogP contribution is 2.22. The monoisotopic (exact) mass is 439 g/mol. The number of para-hydroxylation sites is 1. The quantitative estimate of drug-likeness (QED) is 0.564. The predicted octanol–water partition coefficient (Wildman–Crippen LogP) is 5.33. The van der Waals surface area contributed by atoms with Crippen LogP contribution < -0.4 is 5.32 Å². The average molecular weight is 439 g/mol. The van der Waals surface area contributed by atoms with Crippen molar-refractivity contribution in [1.29, 1.82) is 0 Å². The first-order chi connectivity index (χ1) is 15.5. The maximum absolute atomic E-state index is 14.2. The van der Waals surface area contributed by atoms with Crippen molar-refractivity contribution in [2.75, 3.05) is 11.9 Å². The lowest BCUT2D eigenvalue weighted by molar-refractivity contribution is 0.0606. The van der Waals surface area contributed by atoms with Gasteiger partial charge in [0.1, 0.15) is 17.5 Å². The van der Waals surface area contributed by atoms with Crippen LogP contribution in [-0.4, -0.2) is 29.3 Å². The SMILES string of the molecule is O=C(Nc1ccccc1F)N(Cc1ccccc1F)CC1CC(c2ccccc2F)=NO1. The molecule has 0 radical (unpaired) electrons. The minimum Gasteiger partial charge on any atom is -0.390 e. The fraction of sp³-hybridized carbons (Fsp3) is 0.167. The molecule has 1 atom stereocenters. The summed E-state index contributed by atoms with van der Waals surface area (Å²) in [4.78, 5) is 19.7. The molecule has 0 saturated heterocycles. The first kappa shape index (κ1) is 21.4. The second kappa shape index (κ2) is 9.55. The van der Waals surface area contributed by atoms with E-state index < -0.39 is 29.6 Å². The van der Waals surface area contributed by atoms with Crippen molar-refractivity contribution in [3.63, 3.8) is 0 Å². The van der Waals surface area contributed by atoms with Gasteiger partial charge in [-0.15, -0.1) is 0 Å². The van der Waals surface area contributed by atoms with E-state index in [9.17, 15) is 18.0 Å². The van der Waals surface area contributed by atoms with E-state index in [0.29, 0.717) is 16.8 Å². The number of nitrogens with zero attached hydrogens (tertiary/aromatic N) is 2. The summed E-state index contributed by atoms with van der Waals surface area (Å²) in [6.45, 7) is -0.0298. The normalized spacial score (nSPS) is 15.1. The lowest BCUT2D eigenvalue weighted by atomic mass is 10.0. The standard InChI is InChI=1S/C24H20F3N3O2/c25-19-9-3-1-7-16(19)14-30(24(31)28-22-12-6-5-11-21(22)27)15-17-13-23(29-32-17)18-8-2-4-10-20(18)26/h1-12,17H,13-15H2,(H,28,31). The number of amides is 2. The number of benzene rings is 3. The zero-order chi connectivity index (χ0) is 22.5. The molecule has 0 saturated carbocycles. The van der Waals surface area contributed by atoms with Crippen LogP contribution in [0.1, 0.15) is 17.5 Å². The van der Waals surface area contributed by atoms with Crippen molar-refractivity contribution in [3.8, 4) is 0 Å². The van der Waals surface area contributed by atoms with E-state index in [0.717, 1.165) is 0 Å². The minimum absolute atomic E-state index is 0.00618. The molecule has 0 bridgehead atoms. The Hall–Kier alpha value is -3.81. The lowest BCUT2D eigenvalue weighted by Gasteiger charge is -2.25. The molecule has 4 rings (SSSR count). The highest BCUT2D eigenvalue weighted by molar-refractivity contribution is 6.01. The number of nitrogens with one attached hydrogen (secondary N) is 1. The summed E-state index contributed by atoms with van der Waals surface area (Å²) in [7, 11) is 0. The number of carbonyl (C=O) groups excluding carboxylic acids is 1. The van der Waals surface area contributed by atoms with E-state index in [-0.39, 0.29) is 25.2 Å². The molecule has 164 valence electrons. The van der Waals surface area contributed by atoms with Gasteiger partial charge in [0.05, 0.1) is 24.5 Å². The van der Waals surface area contributed by atoms with Crippen LogP contribution in [0.3, 0.4) is 0 Å². The van der Waals surface area contributed by atoms with Crippen molar-refractivity contribution in [2.24, 2.45) is 5.16 Å². The van der Waals surface area contributed by atoms with Gasteiger partial charge >= 0.3 is 6.03 Å². The molecule has 32 heavy (non-hydrogen) atoms. The molecule has 0 fully saturated rings. The number of anilines is 1. The summed E-state index contributed by atoms with van der Waals surface area (Å²) in [5.41, 5.74) is 1.05. The first-order valence-corrected chi connectivity index (χ1v) is 10.0. The molecule has 3 aromatic carbocycles. The third kappa shape index (κ3) is 4.91. The summed E-state index contributed by atoms with van der Waals surface area (Å²) in [6.07, 6.45) is -0.301. The van der Waals surface area contributed by atoms with Crippen molar-refractivity contribution >= 4 is 17.4 Å². The summed E-state index contributed by atoms with van der Waals surface area (Å²) >= 11 is 0. The molecule has 1 aliphatic rings. The maximum atomic E-state index is 14.2. The fourth-order valence-corrected chi connectivity index (χ4v) is 3.43. The van der Waals surface area contributed by atoms with E-state index in [1.165, 1.54) is 35.2 Å². The van der Waals surface area contributed by atoms with Gasteiger partial charge in [0.2, 0.25) is 0 Å². The Morgan fingerprint density at radius 3 is 2.31 bits per heavy atom. The van der Waals surface area contributed by atoms with Crippen LogP contribution >= 0.6 is 0 Å². The van der Waals surface area contributed by atoms with Crippen LogP contribution in [-0.2, 0) is 11.4 Å². The second-order valence-corrected chi connectivity index (χ2v) is 7.33. The first-order valence-electron chi connectivity index (χ1n) is 10.0. The molecule has 5 nitrogen and oxygen atoms in total. The van der Waals surface area contributed by atoms with Crippen molar-refractivity contribution in [2.45, 2.75) is 19.1 Å². The van der Waals surface area contributed by atoms with Crippen molar-refractivity contribution < 1.29 is 22.8 Å². The number of hydrogen-bond donors (Lipinski definition) is 1. The van der Waals surface area contributed by atoms with Gasteiger partial charge in [-0.05, 0) is 24.3 Å². The van der Waals surface area contributed by atoms with E-state index in [4.69, 9.17) is 4.84 Å². The van der Waals surface area contributed by atoms with Crippen LogP contribution in [0.5, 0.6) is 0 Å². The van der Waals surface area contributed by atoms with Crippen LogP contribution in [0, 0.1) is 17.5 Å². The smallest absolute Gasteiger partial charge is 0.322 e. The number of oxime groups is 1. The van der Waals surface area contributed by atoms with Crippen LogP contribution in [0.25, 0.3) is 0 Å². The summed E-state index contributed by atoms with van der Waals surface area (Å²) < 4.78 is 42.3. The molecule has 1 aliphatic heterocycles. The van der Waals surface area contributed by atoms with Crippen molar-refractivity contribution in [1.82, 2.24) is 4.90 Å². The number of carbonyl (C=O) groups is 1. The third-order valence-electron chi connectivity index (χ3n) is 5.06. The Morgan fingerprint density at radius 2 is 1.59 bits per heavy atom. The van der Waals surface area contributed by atoms with Crippen LogP contribution in [0.4, 0.5) is 23.7 Å². The van der Waals surface area contributed by atoms with Gasteiger partial charge in [0.15, 0.2) is 6.10 Å². The molecule has 0 aliphatic carbocycles. The molecule has 3 aromatic rings. The van der Waals surface area contributed by atoms with Gasteiger partial charge < -0.3 is 15.1 Å². The Morgan fingerprint density at radius 1 is 0.938 bits per heavy atom. The van der Waals surface area contributed by atoms with E-state index in [2.05, 4.69) is 10.5 Å². The maximum Gasteiger partial charge on any atom is 0.322 e. The van der Waals surface area contributed by atoms with Gasteiger partial charge in [-0.3, -0.25) is 0 Å². The van der Waals surface area contributed by atoms with Gasteiger partial charge in [0.25, 0.3) is 0 Å². The topological polar surface area (TPSA) is 53.9 Å². The van der Waals surface area contributed by atoms with Gasteiger partial charge in [-0.25, -0.2) is 18.0 Å². The summed E-state index contributed by atoms with van der Waals surface area (Å²) in [6, 6.07) is 17.4. The van der Waals surface area contributed by atoms with E-state index >= 15 is 0 Å². The number of urea groups is 1. The van der Waals surface area contributed by atoms with Gasteiger partial charge in [-0.2, -0.15) is 0 Å². The largest absolute Gasteiger partial charge is 0.390 e. The molecule has 0 spiro atoms. The Kier molecular flexibility index (Phi) is 6.39. The highest BCUT2D eigenvalue weighted by atomic mass is 19.1. The summed E-state index contributed by atoms with van der Waals surface area (Å²) in [5, 5.41) is 6.48. The second-order valence-electron chi connectivity index (χ2n) is 7.33. The highest BCUT2D eigenvalue weighted by Gasteiger charge is 2.28. The predicted molar refractivity (Wildman–Crippen MR) is 115 cm³/mol.